The predicted octanol–water partition coefficient (Wildman–Crippen LogP) is 1.23. The third kappa shape index (κ3) is 2.29. The molecule has 2 N–H and O–H groups in total. The molecule has 0 heterocycles. The lowest BCUT2D eigenvalue weighted by atomic mass is 10.2. The molecule has 0 spiro atoms. The van der Waals surface area contributed by atoms with Gasteiger partial charge in [-0.25, -0.2) is 13.4 Å². The Kier molecular flexibility index (Phi) is 3.19. The Labute approximate surface area is 82.3 Å². The van der Waals surface area contributed by atoms with Crippen molar-refractivity contribution in [2.24, 2.45) is 0 Å². The molecule has 0 bridgehead atoms. The van der Waals surface area contributed by atoms with Crippen LogP contribution in [-0.2, 0) is 11.0 Å². The van der Waals surface area contributed by atoms with Gasteiger partial charge in [0.1, 0.15) is 22.4 Å². The summed E-state index contributed by atoms with van der Waals surface area (Å²) < 4.78 is 26.2. The van der Waals surface area contributed by atoms with Crippen LogP contribution in [0.3, 0.4) is 0 Å². The van der Waals surface area contributed by atoms with Gasteiger partial charge in [0, 0.05) is 6.26 Å². The number of carboxylic acids is 1. The molecule has 1 unspecified atom stereocenters. The lowest BCUT2D eigenvalue weighted by Crippen LogP contribution is -2.09. The molecule has 0 aliphatic heterocycles. The number of hydrogen-bond donors (Lipinski definition) is 2. The van der Waals surface area contributed by atoms with Crippen molar-refractivity contribution in [2.45, 2.75) is 0 Å². The average molecular weight is 217 g/mol. The van der Waals surface area contributed by atoms with Gasteiger partial charge < -0.3 is 9.83 Å². The molecule has 0 radical (unpaired) electrons. The molecule has 0 aromatic heterocycles. The van der Waals surface area contributed by atoms with Crippen LogP contribution < -0.4 is 4.72 Å². The van der Waals surface area contributed by atoms with Gasteiger partial charge in [-0.2, -0.15) is 0 Å². The zero-order chi connectivity index (χ0) is 10.7. The fourth-order valence-electron chi connectivity index (χ4n) is 0.981. The van der Waals surface area contributed by atoms with E-state index in [1.54, 1.807) is 0 Å². The summed E-state index contributed by atoms with van der Waals surface area (Å²) in [5.41, 5.74) is -0.485. The number of hydrogen-bond acceptors (Lipinski definition) is 2. The summed E-state index contributed by atoms with van der Waals surface area (Å²) in [7, 11) is -1.43. The smallest absolute Gasteiger partial charge is 0.340 e. The summed E-state index contributed by atoms with van der Waals surface area (Å²) in [4.78, 5) is 10.6. The third-order valence-corrected chi connectivity index (χ3v) is 1.99. The molecule has 0 saturated carbocycles. The first-order chi connectivity index (χ1) is 6.52. The van der Waals surface area contributed by atoms with Crippen LogP contribution in [0, 0.1) is 5.82 Å². The van der Waals surface area contributed by atoms with Crippen molar-refractivity contribution in [3.63, 3.8) is 0 Å². The van der Waals surface area contributed by atoms with Gasteiger partial charge in [-0.1, -0.05) is 6.07 Å². The first-order valence-corrected chi connectivity index (χ1v) is 5.20. The van der Waals surface area contributed by atoms with Crippen LogP contribution in [0.2, 0.25) is 0 Å². The molecule has 14 heavy (non-hydrogen) atoms. The maximum Gasteiger partial charge on any atom is 0.340 e. The molecule has 0 aliphatic rings. The van der Waals surface area contributed by atoms with Crippen molar-refractivity contribution < 1.29 is 18.5 Å². The molecule has 0 aliphatic carbocycles. The SMILES string of the molecule is CS(=O)Nc1cccc(F)c1C(=O)O. The summed E-state index contributed by atoms with van der Waals surface area (Å²) in [6.45, 7) is 0. The normalized spacial score (nSPS) is 12.1. The van der Waals surface area contributed by atoms with Gasteiger partial charge in [0.2, 0.25) is 0 Å². The van der Waals surface area contributed by atoms with E-state index in [2.05, 4.69) is 4.72 Å². The topological polar surface area (TPSA) is 66.4 Å². The van der Waals surface area contributed by atoms with E-state index in [9.17, 15) is 13.4 Å². The van der Waals surface area contributed by atoms with Crippen LogP contribution in [0.1, 0.15) is 10.4 Å². The van der Waals surface area contributed by atoms with Crippen LogP contribution in [-0.4, -0.2) is 21.5 Å². The Morgan fingerprint density at radius 3 is 2.71 bits per heavy atom. The molecule has 0 saturated heterocycles. The second-order valence-electron chi connectivity index (χ2n) is 2.52. The van der Waals surface area contributed by atoms with Crippen molar-refractivity contribution in [2.75, 3.05) is 11.0 Å². The van der Waals surface area contributed by atoms with E-state index in [1.807, 2.05) is 0 Å². The molecule has 1 rings (SSSR count). The fraction of sp³-hybridized carbons (Fsp3) is 0.125. The molecule has 0 amide bonds. The molecular formula is C8H8FNO3S. The maximum atomic E-state index is 13.0. The zero-order valence-corrected chi connectivity index (χ0v) is 8.10. The Morgan fingerprint density at radius 1 is 1.57 bits per heavy atom. The summed E-state index contributed by atoms with van der Waals surface area (Å²) in [5.74, 6) is -2.25. The van der Waals surface area contributed by atoms with Crippen molar-refractivity contribution >= 4 is 22.6 Å². The second kappa shape index (κ2) is 4.19. The molecule has 6 heteroatoms. The van der Waals surface area contributed by atoms with E-state index >= 15 is 0 Å². The number of benzene rings is 1. The molecule has 4 nitrogen and oxygen atoms in total. The lowest BCUT2D eigenvalue weighted by molar-refractivity contribution is 0.0693. The number of carboxylic acid groups (broad SMARTS) is 1. The van der Waals surface area contributed by atoms with Gasteiger partial charge >= 0.3 is 5.97 Å². The van der Waals surface area contributed by atoms with Crippen LogP contribution in [0.5, 0.6) is 0 Å². The number of rotatable bonds is 3. The minimum atomic E-state index is -1.43. The van der Waals surface area contributed by atoms with Crippen LogP contribution in [0.25, 0.3) is 0 Å². The first-order valence-electron chi connectivity index (χ1n) is 3.64. The van der Waals surface area contributed by atoms with Crippen molar-refractivity contribution in [1.29, 1.82) is 0 Å². The van der Waals surface area contributed by atoms with Gasteiger partial charge in [0.25, 0.3) is 0 Å². The molecular weight excluding hydrogens is 209 g/mol. The van der Waals surface area contributed by atoms with Gasteiger partial charge in [0.05, 0.1) is 5.69 Å². The van der Waals surface area contributed by atoms with Crippen molar-refractivity contribution in [3.05, 3.63) is 29.6 Å². The van der Waals surface area contributed by atoms with Crippen LogP contribution in [0.15, 0.2) is 18.2 Å². The third-order valence-electron chi connectivity index (χ3n) is 1.48. The Bertz CT molecular complexity index is 394. The van der Waals surface area contributed by atoms with Gasteiger partial charge in [-0.15, -0.1) is 0 Å². The molecule has 0 fully saturated rings. The number of anilines is 1. The minimum Gasteiger partial charge on any atom is -0.478 e. The van der Waals surface area contributed by atoms with E-state index in [1.165, 1.54) is 18.4 Å². The number of aromatic carboxylic acids is 1. The van der Waals surface area contributed by atoms with E-state index < -0.39 is 28.3 Å². The Hall–Kier alpha value is -1.43. The van der Waals surface area contributed by atoms with Crippen LogP contribution in [0.4, 0.5) is 10.1 Å². The monoisotopic (exact) mass is 217 g/mol. The Morgan fingerprint density at radius 2 is 2.21 bits per heavy atom. The molecule has 1 aromatic carbocycles. The van der Waals surface area contributed by atoms with Gasteiger partial charge in [0.15, 0.2) is 0 Å². The summed E-state index contributed by atoms with van der Waals surface area (Å²) in [6, 6.07) is 3.73. The molecule has 1 aromatic rings. The zero-order valence-electron chi connectivity index (χ0n) is 7.28. The van der Waals surface area contributed by atoms with E-state index in [4.69, 9.17) is 5.11 Å². The van der Waals surface area contributed by atoms with Crippen LogP contribution >= 0.6 is 0 Å². The average Bonchev–Trinajstić information content (AvgIpc) is 2.01. The molecule has 1 atom stereocenters. The van der Waals surface area contributed by atoms with E-state index in [0.29, 0.717) is 0 Å². The summed E-state index contributed by atoms with van der Waals surface area (Å²) in [5, 5.41) is 8.68. The highest BCUT2D eigenvalue weighted by molar-refractivity contribution is 7.85. The van der Waals surface area contributed by atoms with Gasteiger partial charge in [-0.05, 0) is 12.1 Å². The quantitative estimate of drug-likeness (QED) is 0.800. The second-order valence-corrected chi connectivity index (χ2v) is 3.64. The number of carbonyl (C=O) groups is 1. The highest BCUT2D eigenvalue weighted by Crippen LogP contribution is 2.18. The first kappa shape index (κ1) is 10.6. The summed E-state index contributed by atoms with van der Waals surface area (Å²) in [6.07, 6.45) is 1.33. The standard InChI is InChI=1S/C8H8FNO3S/c1-14(13)10-6-4-2-3-5(9)7(6)8(11)12/h2-4,10H,1H3,(H,11,12). The lowest BCUT2D eigenvalue weighted by Gasteiger charge is -2.06. The van der Waals surface area contributed by atoms with E-state index in [0.717, 1.165) is 6.07 Å². The fourth-order valence-corrected chi connectivity index (χ4v) is 1.46. The minimum absolute atomic E-state index is 0.0123. The molecule has 76 valence electrons. The van der Waals surface area contributed by atoms with Gasteiger partial charge in [-0.3, -0.25) is 0 Å². The highest BCUT2D eigenvalue weighted by atomic mass is 32.2. The largest absolute Gasteiger partial charge is 0.478 e. The maximum absolute atomic E-state index is 13.0. The van der Waals surface area contributed by atoms with E-state index in [-0.39, 0.29) is 5.69 Å². The van der Waals surface area contributed by atoms with Crippen molar-refractivity contribution in [1.82, 2.24) is 0 Å². The predicted molar refractivity (Wildman–Crippen MR) is 51.0 cm³/mol. The van der Waals surface area contributed by atoms with Crippen molar-refractivity contribution in [3.8, 4) is 0 Å². The summed E-state index contributed by atoms with van der Waals surface area (Å²) >= 11 is 0. The highest BCUT2D eigenvalue weighted by Gasteiger charge is 2.15. The Balaban J connectivity index is 3.21. The number of halogens is 1. The number of nitrogens with one attached hydrogen (secondary N) is 1.